The quantitative estimate of drug-likeness (QED) is 0.264. The summed E-state index contributed by atoms with van der Waals surface area (Å²) in [5.41, 5.74) is 15.2. The summed E-state index contributed by atoms with van der Waals surface area (Å²) in [5.74, 6) is 1.81. The van der Waals surface area contributed by atoms with Gasteiger partial charge in [0.05, 0.1) is 22.1 Å². The standard InChI is InChI=1S/C45H32B5N5O/c46-37-36(38(47)40(49)41(50)39(37)48)44-51-43(23-18-19-27-26-13-6-9-17-33(26)56-34(27)22-23)52-45(53-44)55-31-16-8-5-14-29(31)35-32(55)21-20-28-25-12-4-7-15-30(25)54(42(28)35)24-10-2-1-3-11-24/h1-22H,46-50H2. The van der Waals surface area contributed by atoms with Crippen molar-refractivity contribution in [3.63, 3.8) is 0 Å². The zero-order valence-corrected chi connectivity index (χ0v) is 31.8. The number of benzene rings is 7. The maximum atomic E-state index is 6.36. The lowest BCUT2D eigenvalue weighted by atomic mass is 9.60. The van der Waals surface area contributed by atoms with E-state index in [1.54, 1.807) is 0 Å². The molecule has 4 aromatic heterocycles. The fourth-order valence-electron chi connectivity index (χ4n) is 8.98. The molecule has 11 heteroatoms. The Morgan fingerprint density at radius 2 is 1.02 bits per heavy atom. The summed E-state index contributed by atoms with van der Waals surface area (Å²) in [5, 5.41) is 6.86. The molecule has 0 fully saturated rings. The van der Waals surface area contributed by atoms with Crippen LogP contribution in [0.25, 0.3) is 100.0 Å². The van der Waals surface area contributed by atoms with E-state index in [9.17, 15) is 0 Å². The van der Waals surface area contributed by atoms with Crippen LogP contribution in [0.4, 0.5) is 0 Å². The molecular weight excluding hydrogens is 681 g/mol. The molecule has 0 spiro atoms. The number of fused-ring (bicyclic) bond motifs is 10. The zero-order chi connectivity index (χ0) is 37.8. The molecule has 0 aliphatic carbocycles. The van der Waals surface area contributed by atoms with Crippen LogP contribution in [0.1, 0.15) is 0 Å². The lowest BCUT2D eigenvalue weighted by Gasteiger charge is -2.20. The summed E-state index contributed by atoms with van der Waals surface area (Å²) in [6.07, 6.45) is 0. The second kappa shape index (κ2) is 12.1. The van der Waals surface area contributed by atoms with E-state index in [2.05, 4.69) is 164 Å². The lowest BCUT2D eigenvalue weighted by molar-refractivity contribution is 0.669. The van der Waals surface area contributed by atoms with Gasteiger partial charge in [0.1, 0.15) is 50.4 Å². The van der Waals surface area contributed by atoms with Crippen molar-refractivity contribution in [1.82, 2.24) is 24.1 Å². The Hall–Kier alpha value is -6.73. The number of nitrogens with zero attached hydrogens (tertiary/aromatic N) is 5. The van der Waals surface area contributed by atoms with Crippen LogP contribution in [0, 0.1) is 0 Å². The van der Waals surface area contributed by atoms with E-state index in [4.69, 9.17) is 19.4 Å². The highest BCUT2D eigenvalue weighted by Gasteiger charge is 2.24. The highest BCUT2D eigenvalue weighted by molar-refractivity contribution is 6.68. The van der Waals surface area contributed by atoms with Gasteiger partial charge in [-0.25, -0.2) is 4.98 Å². The van der Waals surface area contributed by atoms with Crippen LogP contribution in [-0.4, -0.2) is 63.3 Å². The molecule has 11 aromatic rings. The van der Waals surface area contributed by atoms with Gasteiger partial charge in [0.25, 0.3) is 0 Å². The highest BCUT2D eigenvalue weighted by atomic mass is 16.3. The van der Waals surface area contributed by atoms with Gasteiger partial charge in [0, 0.05) is 49.1 Å². The molecule has 56 heavy (non-hydrogen) atoms. The molecule has 0 unspecified atom stereocenters. The van der Waals surface area contributed by atoms with Gasteiger partial charge >= 0.3 is 0 Å². The average Bonchev–Trinajstić information content (AvgIpc) is 3.90. The Kier molecular flexibility index (Phi) is 7.08. The first-order valence-electron chi connectivity index (χ1n) is 19.1. The van der Waals surface area contributed by atoms with Crippen molar-refractivity contribution in [2.75, 3.05) is 0 Å². The van der Waals surface area contributed by atoms with Crippen LogP contribution in [-0.2, 0) is 0 Å². The van der Waals surface area contributed by atoms with Crippen LogP contribution < -0.4 is 27.3 Å². The van der Waals surface area contributed by atoms with E-state index in [0.29, 0.717) is 17.6 Å². The molecule has 0 aliphatic heterocycles. The monoisotopic (exact) mass is 713 g/mol. The summed E-state index contributed by atoms with van der Waals surface area (Å²) in [6.45, 7) is 0. The molecule has 11 rings (SSSR count). The molecule has 0 amide bonds. The second-order valence-electron chi connectivity index (χ2n) is 15.0. The number of para-hydroxylation sites is 4. The van der Waals surface area contributed by atoms with Crippen molar-refractivity contribution in [3.05, 3.63) is 133 Å². The smallest absolute Gasteiger partial charge is 0.238 e. The predicted molar refractivity (Wildman–Crippen MR) is 248 cm³/mol. The second-order valence-corrected chi connectivity index (χ2v) is 15.0. The molecule has 0 saturated carbocycles. The van der Waals surface area contributed by atoms with Gasteiger partial charge in [-0.15, -0.1) is 16.4 Å². The fourth-order valence-corrected chi connectivity index (χ4v) is 8.98. The van der Waals surface area contributed by atoms with Crippen molar-refractivity contribution in [2.24, 2.45) is 0 Å². The molecule has 0 saturated heterocycles. The van der Waals surface area contributed by atoms with Crippen LogP contribution in [0.5, 0.6) is 0 Å². The van der Waals surface area contributed by atoms with E-state index in [-0.39, 0.29) is 0 Å². The average molecular weight is 713 g/mol. The van der Waals surface area contributed by atoms with Crippen molar-refractivity contribution in [1.29, 1.82) is 0 Å². The largest absolute Gasteiger partial charge is 0.456 e. The van der Waals surface area contributed by atoms with Gasteiger partial charge in [-0.2, -0.15) is 9.97 Å². The van der Waals surface area contributed by atoms with Crippen molar-refractivity contribution < 1.29 is 4.42 Å². The number of aromatic nitrogens is 5. The van der Waals surface area contributed by atoms with E-state index in [1.165, 1.54) is 43.6 Å². The third-order valence-corrected chi connectivity index (χ3v) is 12.2. The Morgan fingerprint density at radius 1 is 0.429 bits per heavy atom. The summed E-state index contributed by atoms with van der Waals surface area (Å²) in [7, 11) is 11.0. The first-order valence-corrected chi connectivity index (χ1v) is 19.1. The molecule has 0 bridgehead atoms. The molecule has 0 N–H and O–H groups in total. The molecule has 0 radical (unpaired) electrons. The topological polar surface area (TPSA) is 61.7 Å². The van der Waals surface area contributed by atoms with Gasteiger partial charge in [-0.05, 0) is 48.5 Å². The SMILES string of the molecule is Bc1c(B)c(B)c(-c2nc(-c3ccc4c(c3)oc3ccccc34)nc(-n3c4ccccc4c4c3ccc3c5ccccc5n(-c5ccccc5)c34)n2)c(B)c1B. The lowest BCUT2D eigenvalue weighted by Crippen LogP contribution is -2.55. The van der Waals surface area contributed by atoms with Crippen molar-refractivity contribution >= 4 is 132 Å². The normalized spacial score (nSPS) is 11.9. The van der Waals surface area contributed by atoms with E-state index >= 15 is 0 Å². The Bertz CT molecular complexity index is 3410. The molecule has 0 aliphatic rings. The van der Waals surface area contributed by atoms with E-state index in [0.717, 1.165) is 66.1 Å². The minimum atomic E-state index is 0.567. The van der Waals surface area contributed by atoms with E-state index < -0.39 is 0 Å². The summed E-state index contributed by atoms with van der Waals surface area (Å²) < 4.78 is 11.0. The third kappa shape index (κ3) is 4.60. The maximum Gasteiger partial charge on any atom is 0.238 e. The first kappa shape index (κ1) is 32.7. The summed E-state index contributed by atoms with van der Waals surface area (Å²) >= 11 is 0. The van der Waals surface area contributed by atoms with Crippen LogP contribution >= 0.6 is 0 Å². The molecule has 0 atom stereocenters. The number of hydrogen-bond acceptors (Lipinski definition) is 4. The van der Waals surface area contributed by atoms with Crippen LogP contribution in [0.3, 0.4) is 0 Å². The molecule has 6 nitrogen and oxygen atoms in total. The van der Waals surface area contributed by atoms with Gasteiger partial charge in [0.2, 0.25) is 5.95 Å². The Morgan fingerprint density at radius 3 is 1.79 bits per heavy atom. The molecular formula is C45H32B5N5O. The van der Waals surface area contributed by atoms with Crippen LogP contribution in [0.15, 0.2) is 138 Å². The zero-order valence-electron chi connectivity index (χ0n) is 31.8. The molecule has 4 heterocycles. The van der Waals surface area contributed by atoms with Gasteiger partial charge in [-0.3, -0.25) is 4.57 Å². The minimum absolute atomic E-state index is 0.567. The Balaban J connectivity index is 1.26. The third-order valence-electron chi connectivity index (χ3n) is 12.2. The molecule has 258 valence electrons. The van der Waals surface area contributed by atoms with Crippen molar-refractivity contribution in [2.45, 2.75) is 0 Å². The van der Waals surface area contributed by atoms with E-state index in [1.807, 2.05) is 18.2 Å². The summed E-state index contributed by atoms with van der Waals surface area (Å²) in [4.78, 5) is 16.1. The number of rotatable bonds is 4. The van der Waals surface area contributed by atoms with Gasteiger partial charge in [-0.1, -0.05) is 95.9 Å². The van der Waals surface area contributed by atoms with Gasteiger partial charge < -0.3 is 8.98 Å². The highest BCUT2D eigenvalue weighted by Crippen LogP contribution is 2.42. The molecule has 7 aromatic carbocycles. The predicted octanol–water partition coefficient (Wildman–Crippen LogP) is 2.59. The Labute approximate surface area is 327 Å². The fraction of sp³-hybridized carbons (Fsp3) is 0. The number of hydrogen-bond donors (Lipinski definition) is 0. The van der Waals surface area contributed by atoms with Crippen molar-refractivity contribution in [3.8, 4) is 34.4 Å². The summed E-state index contributed by atoms with van der Waals surface area (Å²) in [6, 6.07) is 46.9. The van der Waals surface area contributed by atoms with Crippen LogP contribution in [0.2, 0.25) is 0 Å². The first-order chi connectivity index (χ1) is 27.4. The minimum Gasteiger partial charge on any atom is -0.456 e. The van der Waals surface area contributed by atoms with Gasteiger partial charge in [0.15, 0.2) is 11.6 Å². The maximum absolute atomic E-state index is 6.36. The number of furan rings is 1.